The Kier molecular flexibility index (Phi) is 5.07. The molecule has 1 saturated carbocycles. The number of hydrogen-bond acceptors (Lipinski definition) is 1. The maximum Gasteiger partial charge on any atom is 0.00168 e. The van der Waals surface area contributed by atoms with Gasteiger partial charge in [0.15, 0.2) is 0 Å². The molecule has 7 heavy (non-hydrogen) atoms. The summed E-state index contributed by atoms with van der Waals surface area (Å²) in [5.74, 6) is 0. The molecule has 1 radical (unpaired) electrons. The zero-order valence-corrected chi connectivity index (χ0v) is 7.75. The standard InChI is InChI=1S/C5H10S.Na/c6-5-3-1-2-4-5;/h5-6H,1-4H2;. The monoisotopic (exact) mass is 125 g/mol. The molecule has 0 nitrogen and oxygen atoms in total. The summed E-state index contributed by atoms with van der Waals surface area (Å²) in [4.78, 5) is 0. The summed E-state index contributed by atoms with van der Waals surface area (Å²) in [7, 11) is 0. The van der Waals surface area contributed by atoms with Gasteiger partial charge in [-0.25, -0.2) is 0 Å². The third-order valence-electron chi connectivity index (χ3n) is 1.32. The second-order valence-corrected chi connectivity index (χ2v) is 2.67. The van der Waals surface area contributed by atoms with Gasteiger partial charge < -0.3 is 0 Å². The summed E-state index contributed by atoms with van der Waals surface area (Å²) < 4.78 is 0. The summed E-state index contributed by atoms with van der Waals surface area (Å²) in [5.41, 5.74) is 0. The Labute approximate surface area is 72.8 Å². The molecule has 0 bridgehead atoms. The molecule has 0 aromatic carbocycles. The molecule has 2 heteroatoms. The SMILES string of the molecule is SC1CCCC1.[Na]. The van der Waals surface area contributed by atoms with Crippen LogP contribution in [-0.2, 0) is 0 Å². The van der Waals surface area contributed by atoms with Gasteiger partial charge in [0.05, 0.1) is 0 Å². The maximum absolute atomic E-state index is 4.29. The second kappa shape index (κ2) is 4.25. The van der Waals surface area contributed by atoms with Gasteiger partial charge >= 0.3 is 0 Å². The van der Waals surface area contributed by atoms with Crippen molar-refractivity contribution < 1.29 is 0 Å². The molecule has 1 fully saturated rings. The molecule has 1 aliphatic carbocycles. The van der Waals surface area contributed by atoms with Gasteiger partial charge in [0.25, 0.3) is 0 Å². The Morgan fingerprint density at radius 2 is 1.57 bits per heavy atom. The van der Waals surface area contributed by atoms with Crippen LogP contribution in [0.15, 0.2) is 0 Å². The molecule has 1 rings (SSSR count). The van der Waals surface area contributed by atoms with Crippen molar-refractivity contribution in [2.75, 3.05) is 0 Å². The van der Waals surface area contributed by atoms with Crippen LogP contribution in [0.4, 0.5) is 0 Å². The minimum Gasteiger partial charge on any atom is -0.176 e. The first kappa shape index (κ1) is 8.35. The van der Waals surface area contributed by atoms with Crippen LogP contribution >= 0.6 is 12.6 Å². The first-order valence-electron chi connectivity index (χ1n) is 2.57. The predicted octanol–water partition coefficient (Wildman–Crippen LogP) is 1.48. The molecule has 0 aromatic rings. The average Bonchev–Trinajstić information content (AvgIpc) is 1.86. The van der Waals surface area contributed by atoms with Crippen LogP contribution in [0.3, 0.4) is 0 Å². The molecule has 0 amide bonds. The summed E-state index contributed by atoms with van der Waals surface area (Å²) in [6.45, 7) is 0. The Morgan fingerprint density at radius 3 is 1.71 bits per heavy atom. The van der Waals surface area contributed by atoms with Crippen molar-refractivity contribution in [3.63, 3.8) is 0 Å². The minimum absolute atomic E-state index is 0. The van der Waals surface area contributed by atoms with Gasteiger partial charge in [-0.1, -0.05) is 12.8 Å². The van der Waals surface area contributed by atoms with Gasteiger partial charge in [-0.2, -0.15) is 12.6 Å². The normalized spacial score (nSPS) is 21.9. The smallest absolute Gasteiger partial charge is 0.00168 e. The first-order chi connectivity index (χ1) is 2.89. The van der Waals surface area contributed by atoms with Crippen molar-refractivity contribution >= 4 is 42.2 Å². The largest absolute Gasteiger partial charge is 0.176 e. The fourth-order valence-corrected chi connectivity index (χ4v) is 1.27. The maximum atomic E-state index is 4.29. The van der Waals surface area contributed by atoms with Crippen molar-refractivity contribution in [2.24, 2.45) is 0 Å². The van der Waals surface area contributed by atoms with E-state index in [9.17, 15) is 0 Å². The van der Waals surface area contributed by atoms with Crippen molar-refractivity contribution in [3.8, 4) is 0 Å². The van der Waals surface area contributed by atoms with Crippen LogP contribution < -0.4 is 0 Å². The molecule has 0 unspecified atom stereocenters. The van der Waals surface area contributed by atoms with E-state index in [0.29, 0.717) is 0 Å². The molecule has 0 aliphatic heterocycles. The molecule has 1 aliphatic rings. The Balaban J connectivity index is 0.000000360. The molecule has 37 valence electrons. The van der Waals surface area contributed by atoms with Gasteiger partial charge in [0.2, 0.25) is 0 Å². The number of thiol groups is 1. The number of rotatable bonds is 0. The summed E-state index contributed by atoms with van der Waals surface area (Å²) >= 11 is 4.29. The van der Waals surface area contributed by atoms with E-state index < -0.39 is 0 Å². The quantitative estimate of drug-likeness (QED) is 0.368. The summed E-state index contributed by atoms with van der Waals surface area (Å²) in [5, 5.41) is 0.741. The van der Waals surface area contributed by atoms with Crippen LogP contribution in [0.5, 0.6) is 0 Å². The average molecular weight is 125 g/mol. The van der Waals surface area contributed by atoms with Crippen LogP contribution in [-0.4, -0.2) is 34.8 Å². The Hall–Kier alpha value is 1.35. The van der Waals surface area contributed by atoms with E-state index in [4.69, 9.17) is 0 Å². The minimum atomic E-state index is 0. The predicted molar refractivity (Wildman–Crippen MR) is 37.0 cm³/mol. The molecule has 0 heterocycles. The fraction of sp³-hybridized carbons (Fsp3) is 1.00. The first-order valence-corrected chi connectivity index (χ1v) is 3.09. The summed E-state index contributed by atoms with van der Waals surface area (Å²) in [6.07, 6.45) is 5.52. The van der Waals surface area contributed by atoms with Crippen molar-refractivity contribution in [3.05, 3.63) is 0 Å². The van der Waals surface area contributed by atoms with E-state index in [1.165, 1.54) is 25.7 Å². The molecule has 0 atom stereocenters. The van der Waals surface area contributed by atoms with E-state index in [1.54, 1.807) is 0 Å². The van der Waals surface area contributed by atoms with Crippen LogP contribution in [0, 0.1) is 0 Å². The van der Waals surface area contributed by atoms with E-state index in [2.05, 4.69) is 12.6 Å². The Morgan fingerprint density at radius 1 is 1.14 bits per heavy atom. The van der Waals surface area contributed by atoms with E-state index in [0.717, 1.165) is 5.25 Å². The van der Waals surface area contributed by atoms with Gasteiger partial charge in [-0.15, -0.1) is 0 Å². The van der Waals surface area contributed by atoms with Gasteiger partial charge in [0.1, 0.15) is 0 Å². The van der Waals surface area contributed by atoms with Crippen molar-refractivity contribution in [2.45, 2.75) is 30.9 Å². The fourth-order valence-electron chi connectivity index (χ4n) is 0.904. The van der Waals surface area contributed by atoms with E-state index in [1.807, 2.05) is 0 Å². The molecular formula is C5H10NaS. The van der Waals surface area contributed by atoms with Crippen LogP contribution in [0.2, 0.25) is 0 Å². The summed E-state index contributed by atoms with van der Waals surface area (Å²) in [6, 6.07) is 0. The van der Waals surface area contributed by atoms with Gasteiger partial charge in [-0.05, 0) is 12.8 Å². The second-order valence-electron chi connectivity index (χ2n) is 1.94. The van der Waals surface area contributed by atoms with Gasteiger partial charge in [-0.3, -0.25) is 0 Å². The molecule has 0 aromatic heterocycles. The molecule has 0 spiro atoms. The molecule has 0 saturated heterocycles. The Bertz CT molecular complexity index is 41.3. The van der Waals surface area contributed by atoms with Gasteiger partial charge in [0, 0.05) is 34.8 Å². The van der Waals surface area contributed by atoms with Crippen molar-refractivity contribution in [1.29, 1.82) is 0 Å². The molecule has 0 N–H and O–H groups in total. The van der Waals surface area contributed by atoms with E-state index >= 15 is 0 Å². The van der Waals surface area contributed by atoms with Crippen LogP contribution in [0.25, 0.3) is 0 Å². The van der Waals surface area contributed by atoms with E-state index in [-0.39, 0.29) is 29.6 Å². The van der Waals surface area contributed by atoms with Crippen molar-refractivity contribution in [1.82, 2.24) is 0 Å². The zero-order chi connectivity index (χ0) is 4.41. The van der Waals surface area contributed by atoms with Crippen LogP contribution in [0.1, 0.15) is 25.7 Å². The third kappa shape index (κ3) is 3.02. The molecular weight excluding hydrogens is 115 g/mol. The number of hydrogen-bond donors (Lipinski definition) is 1. The third-order valence-corrected chi connectivity index (χ3v) is 1.84. The topological polar surface area (TPSA) is 0 Å². The zero-order valence-electron chi connectivity index (χ0n) is 4.85.